The molecule has 0 radical (unpaired) electrons. The van der Waals surface area contributed by atoms with Gasteiger partial charge in [-0.2, -0.15) is 15.3 Å². The minimum Gasteiger partial charge on any atom is -0.508 e. The molecule has 1 atom stereocenters. The molecule has 2 aromatic heterocycles. The van der Waals surface area contributed by atoms with Crippen molar-refractivity contribution in [1.82, 2.24) is 44.7 Å². The van der Waals surface area contributed by atoms with Crippen molar-refractivity contribution in [2.24, 2.45) is 11.8 Å². The summed E-state index contributed by atoms with van der Waals surface area (Å²) in [5, 5.41) is 46.4. The largest absolute Gasteiger partial charge is 0.508 e. The number of likely N-dealkylation sites (tertiary alicyclic amines) is 2. The van der Waals surface area contributed by atoms with Crippen LogP contribution in [0, 0.1) is 23.2 Å². The number of nitriles is 1. The highest BCUT2D eigenvalue weighted by Gasteiger charge is 2.35. The van der Waals surface area contributed by atoms with E-state index in [2.05, 4.69) is 66.4 Å². The van der Waals surface area contributed by atoms with E-state index in [0.29, 0.717) is 106 Å². The second-order valence-electron chi connectivity index (χ2n) is 20.8. The number of aromatic nitrogens is 5. The lowest BCUT2D eigenvalue weighted by Gasteiger charge is -2.42. The standard InChI is InChI=1S/C58H66ClN13O6/c1-3-39-31-45(50(74)32-49(39)73)55-65-66-58(78)72(55)42-13-11-38(12-14-42)34-67-24-19-41(20-25-67)56(77)68-26-17-37(18-27-68)33-62-51(75)16-23-61-57-63-47-36-69(48-10-6-8-40-7-5-9-46(59)53(40)48)28-21-44(47)54(64-57)70-29-30-71(52(76)4-2)43(35-70)15-22-60/h4-14,31-32,37,41,43,73-74H,2-3,15-21,23-30,33-36H2,1H3,(H,62,75)(H,66,78)(H,61,63,64). The van der Waals surface area contributed by atoms with Crippen LogP contribution in [0.3, 0.4) is 0 Å². The second-order valence-corrected chi connectivity index (χ2v) is 21.2. The Hall–Kier alpha value is -7.95. The number of phenols is 2. The monoisotopic (exact) mass is 1080 g/mol. The first-order valence-corrected chi connectivity index (χ1v) is 27.5. The van der Waals surface area contributed by atoms with Gasteiger partial charge in [0.05, 0.1) is 47.0 Å². The number of nitrogens with zero attached hydrogens (tertiary/aromatic N) is 10. The first-order valence-electron chi connectivity index (χ1n) is 27.1. The predicted molar refractivity (Wildman–Crippen MR) is 300 cm³/mol. The van der Waals surface area contributed by atoms with E-state index in [0.717, 1.165) is 77.9 Å². The molecule has 1 unspecified atom stereocenters. The average Bonchev–Trinajstić information content (AvgIpc) is 3.91. The summed E-state index contributed by atoms with van der Waals surface area (Å²) >= 11 is 6.78. The van der Waals surface area contributed by atoms with Crippen LogP contribution in [-0.2, 0) is 40.3 Å². The van der Waals surface area contributed by atoms with Crippen LogP contribution >= 0.6 is 11.6 Å². The average molecular weight is 1080 g/mol. The summed E-state index contributed by atoms with van der Waals surface area (Å²) in [6.07, 6.45) is 6.10. The maximum atomic E-state index is 13.7. The molecule has 78 heavy (non-hydrogen) atoms. The molecule has 0 spiro atoms. The van der Waals surface area contributed by atoms with Crippen molar-refractivity contribution in [3.63, 3.8) is 0 Å². The van der Waals surface area contributed by atoms with E-state index < -0.39 is 5.69 Å². The van der Waals surface area contributed by atoms with E-state index in [-0.39, 0.29) is 65.8 Å². The Bertz CT molecular complexity index is 3300. The maximum Gasteiger partial charge on any atom is 0.348 e. The SMILES string of the molecule is C=CC(=O)N1CCN(c2nc(NCCC(=O)NCC3CCN(C(=O)C4CCN(Cc5ccc(-n6c(-c7cc(CC)c(O)cc7O)n[nH]c6=O)cc5)CC4)CC3)nc3c2CCN(c2cccc4cccc(Cl)c24)C3)CC1CC#N. The van der Waals surface area contributed by atoms with E-state index >= 15 is 0 Å². The Kier molecular flexibility index (Phi) is 16.3. The number of piperazine rings is 1. The number of hydrogen-bond acceptors (Lipinski definition) is 14. The van der Waals surface area contributed by atoms with Crippen LogP contribution in [0.2, 0.25) is 5.02 Å². The third-order valence-corrected chi connectivity index (χ3v) is 16.3. The Morgan fingerprint density at radius 3 is 2.44 bits per heavy atom. The first-order chi connectivity index (χ1) is 37.9. The summed E-state index contributed by atoms with van der Waals surface area (Å²) in [7, 11) is 0. The Balaban J connectivity index is 0.693. The minimum atomic E-state index is -0.446. The zero-order chi connectivity index (χ0) is 54.5. The van der Waals surface area contributed by atoms with Crippen LogP contribution in [-0.4, -0.2) is 139 Å². The van der Waals surface area contributed by atoms with Crippen LogP contribution in [0.15, 0.2) is 90.2 Å². The van der Waals surface area contributed by atoms with Crippen molar-refractivity contribution in [3.05, 3.63) is 123 Å². The molecule has 406 valence electrons. The molecular formula is C58H66ClN13O6. The van der Waals surface area contributed by atoms with E-state index in [9.17, 15) is 34.7 Å². The molecule has 0 bridgehead atoms. The van der Waals surface area contributed by atoms with Gasteiger partial charge in [0.25, 0.3) is 0 Å². The van der Waals surface area contributed by atoms with Gasteiger partial charge < -0.3 is 40.4 Å². The number of phenolic OH excluding ortho intramolecular Hbond substituents is 2. The number of H-pyrrole nitrogens is 1. The number of hydrogen-bond donors (Lipinski definition) is 5. The van der Waals surface area contributed by atoms with E-state index in [1.807, 2.05) is 54.3 Å². The lowest BCUT2D eigenvalue weighted by atomic mass is 9.92. The smallest absolute Gasteiger partial charge is 0.348 e. The van der Waals surface area contributed by atoms with Gasteiger partial charge in [-0.25, -0.2) is 19.4 Å². The fourth-order valence-corrected chi connectivity index (χ4v) is 11.9. The molecule has 4 aromatic carbocycles. The van der Waals surface area contributed by atoms with E-state index in [1.165, 1.54) is 16.7 Å². The van der Waals surface area contributed by atoms with Gasteiger partial charge in [0.15, 0.2) is 5.82 Å². The van der Waals surface area contributed by atoms with E-state index in [1.54, 1.807) is 11.0 Å². The van der Waals surface area contributed by atoms with Gasteiger partial charge in [-0.1, -0.05) is 61.5 Å². The van der Waals surface area contributed by atoms with Crippen molar-refractivity contribution < 1.29 is 24.6 Å². The minimum absolute atomic E-state index is 0.0158. The van der Waals surface area contributed by atoms with Gasteiger partial charge >= 0.3 is 5.69 Å². The molecule has 19 nitrogen and oxygen atoms in total. The third-order valence-electron chi connectivity index (χ3n) is 16.0. The van der Waals surface area contributed by atoms with E-state index in [4.69, 9.17) is 21.6 Å². The molecule has 5 N–H and O–H groups in total. The number of nitrogens with one attached hydrogen (secondary N) is 3. The molecule has 6 heterocycles. The van der Waals surface area contributed by atoms with Gasteiger partial charge in [-0.05, 0) is 110 Å². The fraction of sp³-hybridized carbons (Fsp3) is 0.414. The topological polar surface area (TPSA) is 232 Å². The molecule has 3 fully saturated rings. The molecule has 20 heteroatoms. The Labute approximate surface area is 458 Å². The van der Waals surface area contributed by atoms with Gasteiger partial charge in [-0.3, -0.25) is 19.3 Å². The number of amides is 3. The molecule has 4 aliphatic rings. The fourth-order valence-electron chi connectivity index (χ4n) is 11.6. The van der Waals surface area contributed by atoms with Gasteiger partial charge in [0.1, 0.15) is 17.3 Å². The van der Waals surface area contributed by atoms with Gasteiger partial charge in [0, 0.05) is 93.9 Å². The van der Waals surface area contributed by atoms with Crippen LogP contribution in [0.4, 0.5) is 17.5 Å². The number of benzene rings is 4. The number of rotatable bonds is 16. The summed E-state index contributed by atoms with van der Waals surface area (Å²) in [6, 6.07) is 24.6. The van der Waals surface area contributed by atoms with Crippen LogP contribution in [0.25, 0.3) is 27.8 Å². The number of aromatic hydroxyl groups is 2. The molecule has 4 aliphatic heterocycles. The third kappa shape index (κ3) is 11.5. The quantitative estimate of drug-likeness (QED) is 0.0648. The van der Waals surface area contributed by atoms with Crippen LogP contribution in [0.1, 0.15) is 67.8 Å². The molecule has 0 saturated carbocycles. The number of anilines is 3. The predicted octanol–water partition coefficient (Wildman–Crippen LogP) is 6.55. The molecule has 3 amide bonds. The summed E-state index contributed by atoms with van der Waals surface area (Å²) in [6.45, 7) is 12.7. The lowest BCUT2D eigenvalue weighted by molar-refractivity contribution is -0.138. The number of aryl methyl sites for hydroxylation is 1. The summed E-state index contributed by atoms with van der Waals surface area (Å²) in [5.74, 6) is 1.41. The number of aromatic amines is 1. The number of halogens is 1. The molecule has 3 saturated heterocycles. The highest BCUT2D eigenvalue weighted by atomic mass is 35.5. The van der Waals surface area contributed by atoms with Crippen molar-refractivity contribution in [2.75, 3.05) is 80.6 Å². The second kappa shape index (κ2) is 23.7. The summed E-state index contributed by atoms with van der Waals surface area (Å²) in [5.41, 5.74) is 5.10. The highest BCUT2D eigenvalue weighted by Crippen LogP contribution is 2.38. The molecular weight excluding hydrogens is 1010 g/mol. The summed E-state index contributed by atoms with van der Waals surface area (Å²) in [4.78, 5) is 73.3. The molecule has 0 aliphatic carbocycles. The number of fused-ring (bicyclic) bond motifs is 2. The highest BCUT2D eigenvalue weighted by molar-refractivity contribution is 6.36. The van der Waals surface area contributed by atoms with Crippen molar-refractivity contribution in [1.29, 1.82) is 5.26 Å². The number of carbonyl (C=O) groups is 3. The zero-order valence-corrected chi connectivity index (χ0v) is 44.7. The normalized spacial score (nSPS) is 17.4. The van der Waals surface area contributed by atoms with Gasteiger partial charge in [0.2, 0.25) is 23.7 Å². The maximum absolute atomic E-state index is 13.7. The molecule has 10 rings (SSSR count). The van der Waals surface area contributed by atoms with Gasteiger partial charge in [-0.15, -0.1) is 0 Å². The van der Waals surface area contributed by atoms with Crippen molar-refractivity contribution in [3.8, 4) is 34.6 Å². The number of carbonyl (C=O) groups excluding carboxylic acids is 3. The molecule has 6 aromatic rings. The van der Waals surface area contributed by atoms with Crippen molar-refractivity contribution in [2.45, 2.75) is 77.4 Å². The zero-order valence-electron chi connectivity index (χ0n) is 44.0. The first kappa shape index (κ1) is 53.4. The Morgan fingerprint density at radius 2 is 1.69 bits per heavy atom. The van der Waals surface area contributed by atoms with Crippen LogP contribution < -0.4 is 26.1 Å². The lowest BCUT2D eigenvalue weighted by Crippen LogP contribution is -2.55. The van der Waals surface area contributed by atoms with Crippen LogP contribution in [0.5, 0.6) is 11.5 Å². The van der Waals surface area contributed by atoms with Crippen molar-refractivity contribution >= 4 is 57.5 Å². The summed E-state index contributed by atoms with van der Waals surface area (Å²) < 4.78 is 1.41. The number of piperidine rings is 2. The Morgan fingerprint density at radius 1 is 0.923 bits per heavy atom.